The van der Waals surface area contributed by atoms with Gasteiger partial charge in [-0.25, -0.2) is 0 Å². The van der Waals surface area contributed by atoms with Crippen LogP contribution in [0.25, 0.3) is 11.1 Å². The Morgan fingerprint density at radius 1 is 1.15 bits per heavy atom. The summed E-state index contributed by atoms with van der Waals surface area (Å²) in [6, 6.07) is 12.9. The highest BCUT2D eigenvalue weighted by molar-refractivity contribution is 5.84. The molecule has 2 aromatic carbocycles. The Morgan fingerprint density at radius 3 is 2.70 bits per heavy atom. The van der Waals surface area contributed by atoms with E-state index in [1.807, 2.05) is 44.4 Å². The highest BCUT2D eigenvalue weighted by Gasteiger charge is 2.18. The van der Waals surface area contributed by atoms with Crippen molar-refractivity contribution in [2.45, 2.75) is 0 Å². The summed E-state index contributed by atoms with van der Waals surface area (Å²) >= 11 is 0. The molecule has 0 saturated heterocycles. The number of hydrogen-bond acceptors (Lipinski definition) is 4. The first-order valence-electron chi connectivity index (χ1n) is 6.36. The van der Waals surface area contributed by atoms with Crippen molar-refractivity contribution in [1.29, 1.82) is 0 Å². The molecule has 1 heterocycles. The van der Waals surface area contributed by atoms with Crippen molar-refractivity contribution in [2.75, 3.05) is 32.9 Å². The van der Waals surface area contributed by atoms with Gasteiger partial charge in [-0.3, -0.25) is 0 Å². The van der Waals surface area contributed by atoms with Gasteiger partial charge >= 0.3 is 0 Å². The monoisotopic (exact) mass is 270 g/mol. The molecule has 2 aromatic rings. The van der Waals surface area contributed by atoms with E-state index in [9.17, 15) is 0 Å². The van der Waals surface area contributed by atoms with E-state index >= 15 is 0 Å². The number of ether oxygens (including phenoxy) is 3. The summed E-state index contributed by atoms with van der Waals surface area (Å²) in [5, 5.41) is 0. The Kier molecular flexibility index (Phi) is 3.14. The molecule has 20 heavy (non-hydrogen) atoms. The molecule has 3 rings (SSSR count). The predicted molar refractivity (Wildman–Crippen MR) is 77.7 cm³/mol. The summed E-state index contributed by atoms with van der Waals surface area (Å²) in [6.07, 6.45) is 0. The van der Waals surface area contributed by atoms with Crippen molar-refractivity contribution in [3.63, 3.8) is 0 Å². The van der Waals surface area contributed by atoms with E-state index in [0.717, 1.165) is 34.1 Å². The topological polar surface area (TPSA) is 30.9 Å². The summed E-state index contributed by atoms with van der Waals surface area (Å²) in [7, 11) is 5.66. The van der Waals surface area contributed by atoms with Crippen LogP contribution in [0, 0.1) is 6.07 Å². The Balaban J connectivity index is 2.18. The summed E-state index contributed by atoms with van der Waals surface area (Å²) < 4.78 is 16.3. The molecule has 4 heteroatoms. The van der Waals surface area contributed by atoms with Crippen LogP contribution in [0.15, 0.2) is 30.3 Å². The lowest BCUT2D eigenvalue weighted by Gasteiger charge is -2.20. The molecule has 0 saturated carbocycles. The lowest BCUT2D eigenvalue weighted by atomic mass is 10.0. The summed E-state index contributed by atoms with van der Waals surface area (Å²) in [5.74, 6) is 2.26. The molecule has 0 aliphatic carbocycles. The minimum Gasteiger partial charge on any atom is -0.495 e. The summed E-state index contributed by atoms with van der Waals surface area (Å²) in [5.41, 5.74) is 3.09. The maximum atomic E-state index is 5.46. The fraction of sp³-hybridized carbons (Fsp3) is 0.250. The fourth-order valence-electron chi connectivity index (χ4n) is 2.33. The highest BCUT2D eigenvalue weighted by Crippen LogP contribution is 2.42. The lowest BCUT2D eigenvalue weighted by Crippen LogP contribution is -2.10. The van der Waals surface area contributed by atoms with Crippen LogP contribution in [0.2, 0.25) is 0 Å². The number of benzene rings is 2. The average Bonchev–Trinajstić information content (AvgIpc) is 2.93. The normalized spacial score (nSPS) is 12.3. The van der Waals surface area contributed by atoms with Gasteiger partial charge in [0.1, 0.15) is 5.75 Å². The first-order chi connectivity index (χ1) is 9.70. The number of nitrogens with zero attached hydrogens (tertiary/aromatic N) is 1. The van der Waals surface area contributed by atoms with Crippen molar-refractivity contribution >= 4 is 5.69 Å². The van der Waals surface area contributed by atoms with E-state index < -0.39 is 0 Å². The molecule has 1 aliphatic heterocycles. The first kappa shape index (κ1) is 12.7. The molecule has 0 aromatic heterocycles. The lowest BCUT2D eigenvalue weighted by molar-refractivity contribution is 0.174. The molecule has 0 spiro atoms. The molecule has 1 radical (unpaired) electrons. The molecule has 0 unspecified atom stereocenters. The van der Waals surface area contributed by atoms with Gasteiger partial charge in [-0.15, -0.1) is 0 Å². The first-order valence-corrected chi connectivity index (χ1v) is 6.36. The maximum Gasteiger partial charge on any atom is 0.231 e. The Hall–Kier alpha value is -2.36. The van der Waals surface area contributed by atoms with Gasteiger partial charge in [-0.2, -0.15) is 0 Å². The molecule has 1 aliphatic rings. The smallest absolute Gasteiger partial charge is 0.231 e. The van der Waals surface area contributed by atoms with Crippen LogP contribution in [0.3, 0.4) is 0 Å². The molecule has 4 nitrogen and oxygen atoms in total. The van der Waals surface area contributed by atoms with Gasteiger partial charge in [0.15, 0.2) is 11.5 Å². The molecule has 0 bridgehead atoms. The van der Waals surface area contributed by atoms with Crippen molar-refractivity contribution in [2.24, 2.45) is 0 Å². The van der Waals surface area contributed by atoms with Crippen LogP contribution in [0.5, 0.6) is 17.2 Å². The number of rotatable bonds is 3. The zero-order valence-electron chi connectivity index (χ0n) is 11.8. The van der Waals surface area contributed by atoms with Gasteiger partial charge < -0.3 is 19.1 Å². The Bertz CT molecular complexity index is 638. The predicted octanol–water partition coefficient (Wildman–Crippen LogP) is 2.96. The van der Waals surface area contributed by atoms with Crippen molar-refractivity contribution in [1.82, 2.24) is 0 Å². The van der Waals surface area contributed by atoms with Gasteiger partial charge in [0.05, 0.1) is 7.11 Å². The average molecular weight is 270 g/mol. The summed E-state index contributed by atoms with van der Waals surface area (Å²) in [6.45, 7) is 0.275. The second kappa shape index (κ2) is 4.96. The quantitative estimate of drug-likeness (QED) is 0.858. The minimum absolute atomic E-state index is 0.275. The highest BCUT2D eigenvalue weighted by atomic mass is 16.7. The standard InChI is InChI=1S/C16H16NO3/c1-17(2)12-5-4-6-14(18-3)16(12)11-7-8-13-15(9-11)20-10-19-13/h4-5,7-9H,10H2,1-3H3. The third-order valence-electron chi connectivity index (χ3n) is 3.29. The number of hydrogen-bond donors (Lipinski definition) is 0. The zero-order chi connectivity index (χ0) is 14.1. The molecule has 0 atom stereocenters. The second-order valence-corrected chi connectivity index (χ2v) is 4.73. The molecule has 0 N–H and O–H groups in total. The van der Waals surface area contributed by atoms with Gasteiger partial charge in [0.2, 0.25) is 6.79 Å². The largest absolute Gasteiger partial charge is 0.495 e. The van der Waals surface area contributed by atoms with Crippen LogP contribution in [-0.4, -0.2) is 28.0 Å². The molecule has 0 amide bonds. The van der Waals surface area contributed by atoms with E-state index in [0.29, 0.717) is 0 Å². The second-order valence-electron chi connectivity index (χ2n) is 4.73. The Labute approximate surface area is 118 Å². The van der Waals surface area contributed by atoms with E-state index in [1.165, 1.54) is 0 Å². The van der Waals surface area contributed by atoms with Crippen LogP contribution in [0.4, 0.5) is 5.69 Å². The van der Waals surface area contributed by atoms with Crippen molar-refractivity contribution < 1.29 is 14.2 Å². The SMILES string of the molecule is COc1[c]ccc(N(C)C)c1-c1ccc2c(c1)OCO2. The number of methoxy groups -OCH3 is 1. The van der Waals surface area contributed by atoms with Crippen molar-refractivity contribution in [3.05, 3.63) is 36.4 Å². The van der Waals surface area contributed by atoms with E-state index in [4.69, 9.17) is 14.2 Å². The van der Waals surface area contributed by atoms with E-state index in [2.05, 4.69) is 11.0 Å². The Morgan fingerprint density at radius 2 is 1.95 bits per heavy atom. The number of fused-ring (bicyclic) bond motifs is 1. The van der Waals surface area contributed by atoms with Crippen LogP contribution in [-0.2, 0) is 0 Å². The zero-order valence-corrected chi connectivity index (χ0v) is 11.8. The van der Waals surface area contributed by atoms with Gasteiger partial charge in [-0.1, -0.05) is 6.07 Å². The van der Waals surface area contributed by atoms with Crippen LogP contribution >= 0.6 is 0 Å². The third-order valence-corrected chi connectivity index (χ3v) is 3.29. The maximum absolute atomic E-state index is 5.46. The summed E-state index contributed by atoms with van der Waals surface area (Å²) in [4.78, 5) is 2.05. The van der Waals surface area contributed by atoms with Gasteiger partial charge in [0, 0.05) is 31.4 Å². The molecule has 0 fully saturated rings. The van der Waals surface area contributed by atoms with Gasteiger partial charge in [0.25, 0.3) is 0 Å². The minimum atomic E-state index is 0.275. The third kappa shape index (κ3) is 2.03. The molecular formula is C16H16NO3. The van der Waals surface area contributed by atoms with Crippen LogP contribution in [0.1, 0.15) is 0 Å². The molecular weight excluding hydrogens is 254 g/mol. The number of anilines is 1. The van der Waals surface area contributed by atoms with E-state index in [1.54, 1.807) is 7.11 Å². The van der Waals surface area contributed by atoms with E-state index in [-0.39, 0.29) is 6.79 Å². The van der Waals surface area contributed by atoms with Crippen molar-refractivity contribution in [3.8, 4) is 28.4 Å². The van der Waals surface area contributed by atoms with Gasteiger partial charge in [-0.05, 0) is 29.8 Å². The fourth-order valence-corrected chi connectivity index (χ4v) is 2.33. The van der Waals surface area contributed by atoms with Crippen LogP contribution < -0.4 is 19.1 Å². The molecule has 103 valence electrons.